The molecule has 3 nitrogen and oxygen atoms in total. The van der Waals surface area contributed by atoms with Gasteiger partial charge in [-0.1, -0.05) is 19.1 Å². The van der Waals surface area contributed by atoms with E-state index in [9.17, 15) is 0 Å². The van der Waals surface area contributed by atoms with Gasteiger partial charge in [0.25, 0.3) is 0 Å². The Labute approximate surface area is 114 Å². The van der Waals surface area contributed by atoms with E-state index in [2.05, 4.69) is 23.3 Å². The fraction of sp³-hybridized carbons (Fsp3) is 0.438. The van der Waals surface area contributed by atoms with Crippen molar-refractivity contribution in [2.45, 2.75) is 38.1 Å². The number of fused-ring (bicyclic) bond motifs is 1. The van der Waals surface area contributed by atoms with E-state index in [1.807, 2.05) is 24.4 Å². The summed E-state index contributed by atoms with van der Waals surface area (Å²) >= 11 is 0. The summed E-state index contributed by atoms with van der Waals surface area (Å²) in [5.41, 5.74) is 0.254. The average Bonchev–Trinajstić information content (AvgIpc) is 2.42. The number of rotatable bonds is 4. The maximum atomic E-state index is 5.42. The minimum atomic E-state index is 0.254. The molecule has 0 unspecified atom stereocenters. The summed E-state index contributed by atoms with van der Waals surface area (Å²) in [5.74, 6) is 1.89. The largest absolute Gasteiger partial charge is 0.496 e. The topological polar surface area (TPSA) is 34.2 Å². The Morgan fingerprint density at radius 3 is 2.74 bits per heavy atom. The first-order valence-electron chi connectivity index (χ1n) is 6.98. The lowest BCUT2D eigenvalue weighted by Gasteiger charge is -2.42. The van der Waals surface area contributed by atoms with Crippen LogP contribution in [-0.2, 0) is 0 Å². The van der Waals surface area contributed by atoms with E-state index >= 15 is 0 Å². The van der Waals surface area contributed by atoms with Gasteiger partial charge >= 0.3 is 0 Å². The SMILES string of the molecule is CCC1(Nc2nccc3c(OC)cccc23)CCC1. The summed E-state index contributed by atoms with van der Waals surface area (Å²) in [6.07, 6.45) is 6.80. The van der Waals surface area contributed by atoms with Crippen LogP contribution >= 0.6 is 0 Å². The van der Waals surface area contributed by atoms with Crippen molar-refractivity contribution in [3.63, 3.8) is 0 Å². The number of hydrogen-bond acceptors (Lipinski definition) is 3. The molecule has 1 aliphatic rings. The predicted molar refractivity (Wildman–Crippen MR) is 78.8 cm³/mol. The van der Waals surface area contributed by atoms with Crippen LogP contribution in [0.2, 0.25) is 0 Å². The van der Waals surface area contributed by atoms with Gasteiger partial charge in [-0.25, -0.2) is 4.98 Å². The van der Waals surface area contributed by atoms with Gasteiger partial charge < -0.3 is 10.1 Å². The van der Waals surface area contributed by atoms with E-state index in [1.165, 1.54) is 19.3 Å². The zero-order valence-corrected chi connectivity index (χ0v) is 11.6. The third-order valence-electron chi connectivity index (χ3n) is 4.36. The fourth-order valence-electron chi connectivity index (χ4n) is 2.88. The van der Waals surface area contributed by atoms with Crippen LogP contribution in [-0.4, -0.2) is 17.6 Å². The van der Waals surface area contributed by atoms with Crippen molar-refractivity contribution < 1.29 is 4.74 Å². The second-order valence-corrected chi connectivity index (χ2v) is 5.33. The molecule has 1 saturated carbocycles. The van der Waals surface area contributed by atoms with Gasteiger partial charge in [-0.05, 0) is 37.8 Å². The van der Waals surface area contributed by atoms with Crippen molar-refractivity contribution in [2.24, 2.45) is 0 Å². The van der Waals surface area contributed by atoms with Crippen LogP contribution in [0, 0.1) is 0 Å². The molecule has 1 aliphatic carbocycles. The van der Waals surface area contributed by atoms with Crippen LogP contribution in [0.15, 0.2) is 30.5 Å². The fourth-order valence-corrected chi connectivity index (χ4v) is 2.88. The molecule has 1 heterocycles. The molecule has 1 aromatic carbocycles. The van der Waals surface area contributed by atoms with Crippen molar-refractivity contribution in [1.82, 2.24) is 4.98 Å². The van der Waals surface area contributed by atoms with Crippen molar-refractivity contribution in [1.29, 1.82) is 0 Å². The quantitative estimate of drug-likeness (QED) is 0.898. The minimum Gasteiger partial charge on any atom is -0.496 e. The highest BCUT2D eigenvalue weighted by Gasteiger charge is 2.35. The lowest BCUT2D eigenvalue weighted by atomic mass is 9.75. The molecule has 0 saturated heterocycles. The predicted octanol–water partition coefficient (Wildman–Crippen LogP) is 3.99. The highest BCUT2D eigenvalue weighted by Crippen LogP contribution is 2.39. The Morgan fingerprint density at radius 2 is 2.11 bits per heavy atom. The summed E-state index contributed by atoms with van der Waals surface area (Å²) < 4.78 is 5.42. The van der Waals surface area contributed by atoms with Crippen LogP contribution in [0.1, 0.15) is 32.6 Å². The van der Waals surface area contributed by atoms with Gasteiger partial charge in [0.05, 0.1) is 7.11 Å². The maximum Gasteiger partial charge on any atom is 0.134 e. The van der Waals surface area contributed by atoms with Crippen LogP contribution < -0.4 is 10.1 Å². The van der Waals surface area contributed by atoms with E-state index < -0.39 is 0 Å². The summed E-state index contributed by atoms with van der Waals surface area (Å²) in [4.78, 5) is 4.53. The second kappa shape index (κ2) is 4.72. The Kier molecular flexibility index (Phi) is 3.05. The molecule has 19 heavy (non-hydrogen) atoms. The lowest BCUT2D eigenvalue weighted by Crippen LogP contribution is -2.44. The standard InChI is InChI=1S/C16H20N2O/c1-3-16(9-5-10-16)18-15-13-6-4-7-14(19-2)12(13)8-11-17-15/h4,6-8,11H,3,5,9-10H2,1-2H3,(H,17,18). The van der Waals surface area contributed by atoms with E-state index in [0.29, 0.717) is 0 Å². The van der Waals surface area contributed by atoms with Crippen LogP contribution in [0.4, 0.5) is 5.82 Å². The molecular weight excluding hydrogens is 236 g/mol. The molecule has 0 atom stereocenters. The molecule has 0 spiro atoms. The average molecular weight is 256 g/mol. The first-order chi connectivity index (χ1) is 9.28. The molecule has 3 heteroatoms. The highest BCUT2D eigenvalue weighted by atomic mass is 16.5. The molecule has 1 fully saturated rings. The number of nitrogens with one attached hydrogen (secondary N) is 1. The van der Waals surface area contributed by atoms with Gasteiger partial charge in [0.15, 0.2) is 0 Å². The molecule has 1 N–H and O–H groups in total. The van der Waals surface area contributed by atoms with Gasteiger partial charge in [-0.15, -0.1) is 0 Å². The number of aromatic nitrogens is 1. The van der Waals surface area contributed by atoms with Crippen molar-refractivity contribution in [2.75, 3.05) is 12.4 Å². The van der Waals surface area contributed by atoms with Crippen molar-refractivity contribution in [3.05, 3.63) is 30.5 Å². The Morgan fingerprint density at radius 1 is 1.26 bits per heavy atom. The van der Waals surface area contributed by atoms with Crippen LogP contribution in [0.3, 0.4) is 0 Å². The summed E-state index contributed by atoms with van der Waals surface area (Å²) in [6.45, 7) is 2.25. The molecule has 0 amide bonds. The number of hydrogen-bond donors (Lipinski definition) is 1. The monoisotopic (exact) mass is 256 g/mol. The minimum absolute atomic E-state index is 0.254. The van der Waals surface area contributed by atoms with Gasteiger partial charge in [0.2, 0.25) is 0 Å². The van der Waals surface area contributed by atoms with Gasteiger partial charge in [-0.2, -0.15) is 0 Å². The molecule has 0 radical (unpaired) electrons. The highest BCUT2D eigenvalue weighted by molar-refractivity contribution is 5.96. The normalized spacial score (nSPS) is 16.9. The molecule has 3 rings (SSSR count). The van der Waals surface area contributed by atoms with Crippen molar-refractivity contribution in [3.8, 4) is 5.75 Å². The first-order valence-corrected chi connectivity index (χ1v) is 6.98. The Balaban J connectivity index is 2.04. The zero-order valence-electron chi connectivity index (χ0n) is 11.6. The Hall–Kier alpha value is -1.77. The Bertz CT molecular complexity index is 585. The molecule has 0 aliphatic heterocycles. The maximum absolute atomic E-state index is 5.42. The number of pyridine rings is 1. The third kappa shape index (κ3) is 2.03. The first kappa shape index (κ1) is 12.3. The summed E-state index contributed by atoms with van der Waals surface area (Å²) in [7, 11) is 1.71. The molecule has 0 bridgehead atoms. The van der Waals surface area contributed by atoms with Gasteiger partial charge in [-0.3, -0.25) is 0 Å². The summed E-state index contributed by atoms with van der Waals surface area (Å²) in [6, 6.07) is 8.13. The second-order valence-electron chi connectivity index (χ2n) is 5.33. The smallest absolute Gasteiger partial charge is 0.134 e. The number of benzene rings is 1. The van der Waals surface area contributed by atoms with E-state index in [1.54, 1.807) is 7.11 Å². The molecular formula is C16H20N2O. The summed E-state index contributed by atoms with van der Waals surface area (Å²) in [5, 5.41) is 5.93. The van der Waals surface area contributed by atoms with Crippen molar-refractivity contribution >= 4 is 16.6 Å². The zero-order chi connectivity index (χ0) is 13.3. The van der Waals surface area contributed by atoms with E-state index in [0.717, 1.165) is 28.8 Å². The van der Waals surface area contributed by atoms with E-state index in [4.69, 9.17) is 4.74 Å². The molecule has 2 aromatic rings. The van der Waals surface area contributed by atoms with Crippen LogP contribution in [0.5, 0.6) is 5.75 Å². The number of ether oxygens (including phenoxy) is 1. The number of nitrogens with zero attached hydrogens (tertiary/aromatic N) is 1. The van der Waals surface area contributed by atoms with E-state index in [-0.39, 0.29) is 5.54 Å². The molecule has 100 valence electrons. The van der Waals surface area contributed by atoms with Gasteiger partial charge in [0.1, 0.15) is 11.6 Å². The number of methoxy groups -OCH3 is 1. The van der Waals surface area contributed by atoms with Gasteiger partial charge in [0, 0.05) is 22.5 Å². The van der Waals surface area contributed by atoms with Crippen LogP contribution in [0.25, 0.3) is 10.8 Å². The lowest BCUT2D eigenvalue weighted by molar-refractivity contribution is 0.269. The number of anilines is 1. The molecule has 1 aromatic heterocycles. The third-order valence-corrected chi connectivity index (χ3v) is 4.36.